The molecule has 0 radical (unpaired) electrons. The van der Waals surface area contributed by atoms with Crippen LogP contribution in [0, 0.1) is 22.7 Å². The third-order valence-electron chi connectivity index (χ3n) is 2.29. The van der Waals surface area contributed by atoms with Gasteiger partial charge in [-0.25, -0.2) is 0 Å². The van der Waals surface area contributed by atoms with Gasteiger partial charge in [0.25, 0.3) is 0 Å². The molecule has 1 aromatic carbocycles. The fraction of sp³-hybridized carbons (Fsp3) is 0. The second-order valence-corrected chi connectivity index (χ2v) is 3.48. The van der Waals surface area contributed by atoms with E-state index in [1.54, 1.807) is 18.4 Å². The Morgan fingerprint density at radius 2 is 2.00 bits per heavy atom. The molecule has 2 rings (SSSR count). The number of allylic oxidation sites excluding steroid dienone is 1. The van der Waals surface area contributed by atoms with Crippen molar-refractivity contribution in [3.8, 4) is 23.5 Å². The maximum Gasteiger partial charge on any atom is 0.145 e. The monoisotopic (exact) mass is 235 g/mol. The van der Waals surface area contributed by atoms with Gasteiger partial charge in [0, 0.05) is 17.5 Å². The molecule has 0 saturated heterocycles. The molecule has 4 nitrogen and oxygen atoms in total. The molecule has 1 aromatic heterocycles. The number of nitrogens with zero attached hydrogens (tertiary/aromatic N) is 2. The first-order valence-corrected chi connectivity index (χ1v) is 5.24. The SMILES string of the molecule is N#CC(C#N)=CNc1cccc(-c2ccco2)c1. The van der Waals surface area contributed by atoms with Crippen LogP contribution in [0.2, 0.25) is 0 Å². The van der Waals surface area contributed by atoms with Gasteiger partial charge >= 0.3 is 0 Å². The van der Waals surface area contributed by atoms with Crippen LogP contribution in [0.4, 0.5) is 5.69 Å². The molecule has 0 aliphatic rings. The summed E-state index contributed by atoms with van der Waals surface area (Å²) in [5.74, 6) is 0.767. The second kappa shape index (κ2) is 5.38. The summed E-state index contributed by atoms with van der Waals surface area (Å²) in [6.45, 7) is 0. The van der Waals surface area contributed by atoms with E-state index in [0.29, 0.717) is 0 Å². The highest BCUT2D eigenvalue weighted by Gasteiger charge is 2.01. The molecular weight excluding hydrogens is 226 g/mol. The summed E-state index contributed by atoms with van der Waals surface area (Å²) in [6, 6.07) is 14.8. The van der Waals surface area contributed by atoms with Crippen molar-refractivity contribution in [2.75, 3.05) is 5.32 Å². The first kappa shape index (κ1) is 11.5. The molecule has 2 aromatic rings. The number of nitrogens with one attached hydrogen (secondary N) is 1. The first-order valence-electron chi connectivity index (χ1n) is 5.24. The number of hydrogen-bond acceptors (Lipinski definition) is 4. The molecule has 0 saturated carbocycles. The van der Waals surface area contributed by atoms with Crippen LogP contribution >= 0.6 is 0 Å². The van der Waals surface area contributed by atoms with E-state index >= 15 is 0 Å². The van der Waals surface area contributed by atoms with E-state index in [1.807, 2.05) is 36.4 Å². The summed E-state index contributed by atoms with van der Waals surface area (Å²) in [4.78, 5) is 0. The first-order chi connectivity index (χ1) is 8.83. The molecule has 0 unspecified atom stereocenters. The number of nitriles is 2. The largest absolute Gasteiger partial charge is 0.464 e. The van der Waals surface area contributed by atoms with Gasteiger partial charge in [0.05, 0.1) is 6.26 Å². The van der Waals surface area contributed by atoms with Crippen molar-refractivity contribution < 1.29 is 4.42 Å². The predicted octanol–water partition coefficient (Wildman–Crippen LogP) is 3.29. The van der Waals surface area contributed by atoms with Crippen LogP contribution in [0.1, 0.15) is 0 Å². The number of hydrogen-bond donors (Lipinski definition) is 1. The van der Waals surface area contributed by atoms with Gasteiger partial charge in [0.2, 0.25) is 0 Å². The van der Waals surface area contributed by atoms with Crippen LogP contribution in [0.3, 0.4) is 0 Å². The van der Waals surface area contributed by atoms with E-state index < -0.39 is 0 Å². The Kier molecular flexibility index (Phi) is 3.44. The van der Waals surface area contributed by atoms with Crippen molar-refractivity contribution in [1.29, 1.82) is 10.5 Å². The summed E-state index contributed by atoms with van der Waals surface area (Å²) in [5, 5.41) is 20.1. The normalized spacial score (nSPS) is 9.00. The maximum atomic E-state index is 8.61. The summed E-state index contributed by atoms with van der Waals surface area (Å²) in [5.41, 5.74) is 1.74. The van der Waals surface area contributed by atoms with Gasteiger partial charge in [-0.3, -0.25) is 0 Å². The quantitative estimate of drug-likeness (QED) is 0.828. The zero-order valence-electron chi connectivity index (χ0n) is 9.42. The van der Waals surface area contributed by atoms with Crippen LogP contribution < -0.4 is 5.32 Å². The van der Waals surface area contributed by atoms with Gasteiger partial charge in [-0.2, -0.15) is 10.5 Å². The highest BCUT2D eigenvalue weighted by atomic mass is 16.3. The lowest BCUT2D eigenvalue weighted by Crippen LogP contribution is -1.89. The molecule has 18 heavy (non-hydrogen) atoms. The van der Waals surface area contributed by atoms with Crippen molar-refractivity contribution in [2.45, 2.75) is 0 Å². The fourth-order valence-corrected chi connectivity index (χ4v) is 1.45. The third kappa shape index (κ3) is 2.58. The number of rotatable bonds is 3. The van der Waals surface area contributed by atoms with E-state index in [2.05, 4.69) is 5.32 Å². The molecular formula is C14H9N3O. The van der Waals surface area contributed by atoms with Gasteiger partial charge < -0.3 is 9.73 Å². The van der Waals surface area contributed by atoms with Gasteiger partial charge in [0.15, 0.2) is 0 Å². The third-order valence-corrected chi connectivity index (χ3v) is 2.29. The van der Waals surface area contributed by atoms with Gasteiger partial charge in [-0.05, 0) is 24.3 Å². The molecule has 86 valence electrons. The summed E-state index contributed by atoms with van der Waals surface area (Å²) in [6.07, 6.45) is 2.99. The lowest BCUT2D eigenvalue weighted by Gasteiger charge is -2.02. The predicted molar refractivity (Wildman–Crippen MR) is 67.1 cm³/mol. The summed E-state index contributed by atoms with van der Waals surface area (Å²) < 4.78 is 5.29. The Morgan fingerprint density at radius 3 is 2.67 bits per heavy atom. The van der Waals surface area contributed by atoms with Crippen molar-refractivity contribution in [2.24, 2.45) is 0 Å². The van der Waals surface area contributed by atoms with Crippen molar-refractivity contribution in [1.82, 2.24) is 0 Å². The Morgan fingerprint density at radius 1 is 1.17 bits per heavy atom. The second-order valence-electron chi connectivity index (χ2n) is 3.48. The van der Waals surface area contributed by atoms with E-state index in [4.69, 9.17) is 14.9 Å². The molecule has 0 fully saturated rings. The summed E-state index contributed by atoms with van der Waals surface area (Å²) >= 11 is 0. The molecule has 0 amide bonds. The smallest absolute Gasteiger partial charge is 0.145 e. The molecule has 1 N–H and O–H groups in total. The highest BCUT2D eigenvalue weighted by molar-refractivity contribution is 5.64. The molecule has 0 bridgehead atoms. The topological polar surface area (TPSA) is 72.8 Å². The highest BCUT2D eigenvalue weighted by Crippen LogP contribution is 2.22. The number of benzene rings is 1. The van der Waals surface area contributed by atoms with E-state index in [9.17, 15) is 0 Å². The van der Waals surface area contributed by atoms with Crippen molar-refractivity contribution in [3.63, 3.8) is 0 Å². The average molecular weight is 235 g/mol. The van der Waals surface area contributed by atoms with Crippen molar-refractivity contribution >= 4 is 5.69 Å². The molecule has 0 aliphatic carbocycles. The lowest BCUT2D eigenvalue weighted by molar-refractivity contribution is 0.582. The molecule has 0 atom stereocenters. The standard InChI is InChI=1S/C14H9N3O/c15-8-11(9-16)10-17-13-4-1-3-12(7-13)14-5-2-6-18-14/h1-7,10,17H. The zero-order valence-corrected chi connectivity index (χ0v) is 9.42. The zero-order chi connectivity index (χ0) is 12.8. The van der Waals surface area contributed by atoms with Crippen molar-refractivity contribution in [3.05, 3.63) is 54.4 Å². The van der Waals surface area contributed by atoms with E-state index in [1.165, 1.54) is 6.20 Å². The van der Waals surface area contributed by atoms with Crippen LogP contribution in [0.15, 0.2) is 58.9 Å². The molecule has 4 heteroatoms. The van der Waals surface area contributed by atoms with E-state index in [0.717, 1.165) is 17.0 Å². The number of furan rings is 1. The lowest BCUT2D eigenvalue weighted by atomic mass is 10.1. The molecule has 0 spiro atoms. The molecule has 1 heterocycles. The van der Waals surface area contributed by atoms with Crippen LogP contribution in [-0.2, 0) is 0 Å². The Balaban J connectivity index is 2.22. The average Bonchev–Trinajstić information content (AvgIpc) is 2.94. The van der Waals surface area contributed by atoms with Gasteiger partial charge in [-0.1, -0.05) is 12.1 Å². The van der Waals surface area contributed by atoms with Gasteiger partial charge in [-0.15, -0.1) is 0 Å². The minimum Gasteiger partial charge on any atom is -0.464 e. The Hall–Kier alpha value is -2.98. The van der Waals surface area contributed by atoms with Crippen LogP contribution in [0.25, 0.3) is 11.3 Å². The van der Waals surface area contributed by atoms with E-state index in [-0.39, 0.29) is 5.57 Å². The minimum absolute atomic E-state index is 0.0263. The Labute approximate surface area is 104 Å². The molecule has 0 aliphatic heterocycles. The van der Waals surface area contributed by atoms with Gasteiger partial charge in [0.1, 0.15) is 23.5 Å². The fourth-order valence-electron chi connectivity index (χ4n) is 1.45. The maximum absolute atomic E-state index is 8.61. The number of anilines is 1. The van der Waals surface area contributed by atoms with Crippen LogP contribution in [-0.4, -0.2) is 0 Å². The Bertz CT molecular complexity index is 626. The summed E-state index contributed by atoms with van der Waals surface area (Å²) in [7, 11) is 0. The minimum atomic E-state index is 0.0263. The van der Waals surface area contributed by atoms with Crippen LogP contribution in [0.5, 0.6) is 0 Å².